The summed E-state index contributed by atoms with van der Waals surface area (Å²) in [7, 11) is 0. The van der Waals surface area contributed by atoms with Gasteiger partial charge in [-0.3, -0.25) is 9.59 Å². The maximum atomic E-state index is 11.8. The van der Waals surface area contributed by atoms with E-state index in [2.05, 4.69) is 10.2 Å². The van der Waals surface area contributed by atoms with Crippen LogP contribution >= 0.6 is 0 Å². The van der Waals surface area contributed by atoms with Crippen LogP contribution in [0.15, 0.2) is 18.2 Å². The van der Waals surface area contributed by atoms with Crippen LogP contribution in [0.2, 0.25) is 0 Å². The first-order valence-electron chi connectivity index (χ1n) is 6.81. The van der Waals surface area contributed by atoms with Crippen molar-refractivity contribution in [2.75, 3.05) is 23.7 Å². The maximum Gasteiger partial charge on any atom is 0.248 e. The molecule has 0 spiro atoms. The molecule has 6 heteroatoms. The zero-order valence-corrected chi connectivity index (χ0v) is 11.1. The Kier molecular flexibility index (Phi) is 3.00. The molecule has 2 atom stereocenters. The first kappa shape index (κ1) is 12.8. The largest absolute Gasteiger partial charge is 0.397 e. The lowest BCUT2D eigenvalue weighted by Crippen LogP contribution is -2.46. The van der Waals surface area contributed by atoms with E-state index in [0.717, 1.165) is 25.1 Å². The van der Waals surface area contributed by atoms with Crippen LogP contribution in [0.25, 0.3) is 0 Å². The van der Waals surface area contributed by atoms with E-state index in [4.69, 9.17) is 11.5 Å². The number of hydrogen-bond donors (Lipinski definition) is 3. The van der Waals surface area contributed by atoms with E-state index in [1.807, 2.05) is 0 Å². The number of hydrogen-bond acceptors (Lipinski definition) is 4. The average Bonchev–Trinajstić information content (AvgIpc) is 2.81. The van der Waals surface area contributed by atoms with E-state index < -0.39 is 5.91 Å². The second kappa shape index (κ2) is 4.70. The molecular weight excluding hydrogens is 256 g/mol. The fourth-order valence-corrected chi connectivity index (χ4v) is 3.20. The van der Waals surface area contributed by atoms with Crippen molar-refractivity contribution in [2.24, 2.45) is 11.7 Å². The van der Waals surface area contributed by atoms with Crippen molar-refractivity contribution < 1.29 is 9.59 Å². The molecule has 2 heterocycles. The Hall–Kier alpha value is -2.24. The summed E-state index contributed by atoms with van der Waals surface area (Å²) in [4.78, 5) is 25.3. The van der Waals surface area contributed by atoms with Gasteiger partial charge in [0.1, 0.15) is 0 Å². The fourth-order valence-electron chi connectivity index (χ4n) is 3.20. The predicted molar refractivity (Wildman–Crippen MR) is 76.2 cm³/mol. The van der Waals surface area contributed by atoms with Gasteiger partial charge < -0.3 is 21.7 Å². The number of nitrogen functional groups attached to an aromatic ring is 1. The van der Waals surface area contributed by atoms with Gasteiger partial charge in [0.15, 0.2) is 0 Å². The number of amides is 2. The Balaban J connectivity index is 1.97. The van der Waals surface area contributed by atoms with Crippen molar-refractivity contribution in [3.63, 3.8) is 0 Å². The molecule has 0 saturated carbocycles. The summed E-state index contributed by atoms with van der Waals surface area (Å²) in [5.41, 5.74) is 13.2. The molecule has 1 aromatic rings. The molecule has 2 saturated heterocycles. The molecule has 0 aromatic heterocycles. The quantitative estimate of drug-likeness (QED) is 0.665. The summed E-state index contributed by atoms with van der Waals surface area (Å²) in [6, 6.07) is 5.16. The van der Waals surface area contributed by atoms with Crippen molar-refractivity contribution in [1.29, 1.82) is 0 Å². The molecule has 2 unspecified atom stereocenters. The molecule has 2 aliphatic rings. The third kappa shape index (κ3) is 1.97. The fraction of sp³-hybridized carbons (Fsp3) is 0.429. The molecule has 0 aliphatic carbocycles. The normalized spacial score (nSPS) is 25.2. The van der Waals surface area contributed by atoms with Crippen LogP contribution in [0.1, 0.15) is 23.2 Å². The van der Waals surface area contributed by atoms with Crippen LogP contribution < -0.4 is 21.7 Å². The van der Waals surface area contributed by atoms with Gasteiger partial charge in [-0.15, -0.1) is 0 Å². The Bertz CT molecular complexity index is 572. The van der Waals surface area contributed by atoms with Crippen LogP contribution in [0.4, 0.5) is 11.4 Å². The van der Waals surface area contributed by atoms with Gasteiger partial charge in [0.2, 0.25) is 11.8 Å². The van der Waals surface area contributed by atoms with Gasteiger partial charge in [-0.1, -0.05) is 0 Å². The van der Waals surface area contributed by atoms with Crippen LogP contribution in [0, 0.1) is 5.92 Å². The van der Waals surface area contributed by atoms with Crippen molar-refractivity contribution in [3.05, 3.63) is 23.8 Å². The number of piperidine rings is 1. The summed E-state index contributed by atoms with van der Waals surface area (Å²) in [5.74, 6) is -0.342. The molecule has 3 rings (SSSR count). The lowest BCUT2D eigenvalue weighted by molar-refractivity contribution is -0.123. The lowest BCUT2D eigenvalue weighted by atomic mass is 9.90. The monoisotopic (exact) mass is 274 g/mol. The molecule has 106 valence electrons. The van der Waals surface area contributed by atoms with Crippen LogP contribution in [-0.4, -0.2) is 30.9 Å². The van der Waals surface area contributed by atoms with E-state index >= 15 is 0 Å². The summed E-state index contributed by atoms with van der Waals surface area (Å²) >= 11 is 0. The highest BCUT2D eigenvalue weighted by Crippen LogP contribution is 2.34. The highest BCUT2D eigenvalue weighted by molar-refractivity contribution is 5.95. The van der Waals surface area contributed by atoms with Crippen molar-refractivity contribution in [3.8, 4) is 0 Å². The molecule has 6 nitrogen and oxygen atoms in total. The molecule has 2 amide bonds. The number of benzene rings is 1. The zero-order chi connectivity index (χ0) is 14.3. The van der Waals surface area contributed by atoms with Gasteiger partial charge in [0.25, 0.3) is 0 Å². The third-order valence-electron chi connectivity index (χ3n) is 4.23. The Labute approximate surface area is 117 Å². The molecule has 2 aliphatic heterocycles. The number of nitrogens with two attached hydrogens (primary N) is 2. The van der Waals surface area contributed by atoms with Gasteiger partial charge in [0.05, 0.1) is 23.3 Å². The topological polar surface area (TPSA) is 101 Å². The minimum atomic E-state index is -0.472. The molecule has 0 bridgehead atoms. The first-order valence-corrected chi connectivity index (χ1v) is 6.81. The smallest absolute Gasteiger partial charge is 0.248 e. The number of carbonyl (C=O) groups excluding carboxylic acids is 2. The van der Waals surface area contributed by atoms with Gasteiger partial charge >= 0.3 is 0 Å². The van der Waals surface area contributed by atoms with Crippen LogP contribution in [0.3, 0.4) is 0 Å². The molecule has 1 aromatic carbocycles. The number of nitrogens with one attached hydrogen (secondary N) is 1. The predicted octanol–water partition coefficient (Wildman–Crippen LogP) is 0.0825. The first-order chi connectivity index (χ1) is 9.58. The van der Waals surface area contributed by atoms with Gasteiger partial charge in [-0.05, 0) is 31.0 Å². The zero-order valence-electron chi connectivity index (χ0n) is 11.1. The SMILES string of the molecule is NC(=O)c1ccc(N)c(N2CCCC3C(=O)NCC32)c1. The molecule has 0 radical (unpaired) electrons. The molecule has 5 N–H and O–H groups in total. The van der Waals surface area contributed by atoms with Gasteiger partial charge in [0, 0.05) is 18.7 Å². The number of fused-ring (bicyclic) bond motifs is 1. The second-order valence-corrected chi connectivity index (χ2v) is 5.39. The third-order valence-corrected chi connectivity index (χ3v) is 4.23. The minimum Gasteiger partial charge on any atom is -0.397 e. The number of primary amides is 1. The Morgan fingerprint density at radius 1 is 1.40 bits per heavy atom. The van der Waals surface area contributed by atoms with Crippen LogP contribution in [0.5, 0.6) is 0 Å². The van der Waals surface area contributed by atoms with Crippen molar-refractivity contribution in [2.45, 2.75) is 18.9 Å². The van der Waals surface area contributed by atoms with Crippen molar-refractivity contribution in [1.82, 2.24) is 5.32 Å². The van der Waals surface area contributed by atoms with Crippen LogP contribution in [-0.2, 0) is 4.79 Å². The Morgan fingerprint density at radius 3 is 2.95 bits per heavy atom. The highest BCUT2D eigenvalue weighted by Gasteiger charge is 2.41. The summed E-state index contributed by atoms with van der Waals surface area (Å²) in [6.45, 7) is 1.46. The summed E-state index contributed by atoms with van der Waals surface area (Å²) in [5, 5.41) is 2.91. The number of anilines is 2. The number of nitrogens with zero attached hydrogens (tertiary/aromatic N) is 1. The average molecular weight is 274 g/mol. The molecule has 2 fully saturated rings. The lowest BCUT2D eigenvalue weighted by Gasteiger charge is -2.38. The highest BCUT2D eigenvalue weighted by atomic mass is 16.2. The standard InChI is InChI=1S/C14H18N4O2/c15-10-4-3-8(13(16)19)6-11(10)18-5-1-2-9-12(18)7-17-14(9)20/h3-4,6,9,12H,1-2,5,7,15H2,(H2,16,19)(H,17,20). The molecular formula is C14H18N4O2. The van der Waals surface area contributed by atoms with Crippen molar-refractivity contribution >= 4 is 23.2 Å². The molecule has 20 heavy (non-hydrogen) atoms. The van der Waals surface area contributed by atoms with E-state index in [0.29, 0.717) is 17.8 Å². The second-order valence-electron chi connectivity index (χ2n) is 5.39. The van der Waals surface area contributed by atoms with E-state index in [1.165, 1.54) is 0 Å². The maximum absolute atomic E-state index is 11.8. The minimum absolute atomic E-state index is 0.0142. The van der Waals surface area contributed by atoms with E-state index in [1.54, 1.807) is 18.2 Å². The number of rotatable bonds is 2. The van der Waals surface area contributed by atoms with Gasteiger partial charge in [-0.2, -0.15) is 0 Å². The van der Waals surface area contributed by atoms with Gasteiger partial charge in [-0.25, -0.2) is 0 Å². The summed E-state index contributed by atoms with van der Waals surface area (Å²) in [6.07, 6.45) is 1.84. The van der Waals surface area contributed by atoms with E-state index in [-0.39, 0.29) is 17.9 Å². The van der Waals surface area contributed by atoms with E-state index in [9.17, 15) is 9.59 Å². The Morgan fingerprint density at radius 2 is 2.20 bits per heavy atom. The summed E-state index contributed by atoms with van der Waals surface area (Å²) < 4.78 is 0. The number of carbonyl (C=O) groups is 2.